The number of benzene rings is 1. The van der Waals surface area contributed by atoms with E-state index in [-0.39, 0.29) is 24.2 Å². The third-order valence-electron chi connectivity index (χ3n) is 3.31. The largest absolute Gasteiger partial charge is 0.355 e. The summed E-state index contributed by atoms with van der Waals surface area (Å²) in [5.41, 5.74) is 0.671. The van der Waals surface area contributed by atoms with Crippen molar-refractivity contribution in [3.05, 3.63) is 29.3 Å². The molecule has 1 heterocycles. The molecule has 2 N–H and O–H groups in total. The topological polar surface area (TPSA) is 61.4 Å². The van der Waals surface area contributed by atoms with E-state index < -0.39 is 0 Å². The highest BCUT2D eigenvalue weighted by Crippen LogP contribution is 2.30. The number of carbonyl (C=O) groups is 2. The average molecular weight is 296 g/mol. The Bertz CT molecular complexity index is 507. The summed E-state index contributed by atoms with van der Waals surface area (Å²) in [4.78, 5) is 25.6. The Morgan fingerprint density at radius 3 is 2.85 bits per heavy atom. The van der Waals surface area contributed by atoms with E-state index in [9.17, 15) is 9.59 Å². The van der Waals surface area contributed by atoms with Crippen LogP contribution in [-0.4, -0.2) is 38.5 Å². The number of likely N-dealkylation sites (N-methyl/N-ethyl adjacent to an activating group) is 1. The number of nitrogens with zero attached hydrogens (tertiary/aromatic N) is 1. The molecular formula is C14H18ClN3O2. The van der Waals surface area contributed by atoms with Gasteiger partial charge in [0.1, 0.15) is 0 Å². The fraction of sp³-hybridized carbons (Fsp3) is 0.429. The van der Waals surface area contributed by atoms with Gasteiger partial charge in [0.05, 0.1) is 16.6 Å². The SMILES string of the molecule is CNCCNC(=O)C1CC(=O)N(c2ccccc2Cl)C1. The summed E-state index contributed by atoms with van der Waals surface area (Å²) < 4.78 is 0. The van der Waals surface area contributed by atoms with Crippen molar-refractivity contribution in [1.82, 2.24) is 10.6 Å². The monoisotopic (exact) mass is 295 g/mol. The second-order valence-electron chi connectivity index (χ2n) is 4.75. The fourth-order valence-electron chi connectivity index (χ4n) is 2.24. The second-order valence-corrected chi connectivity index (χ2v) is 5.16. The van der Waals surface area contributed by atoms with Gasteiger partial charge in [0.25, 0.3) is 0 Å². The summed E-state index contributed by atoms with van der Waals surface area (Å²) in [7, 11) is 1.82. The van der Waals surface area contributed by atoms with Crippen molar-refractivity contribution >= 4 is 29.1 Å². The maximum Gasteiger partial charge on any atom is 0.227 e. The van der Waals surface area contributed by atoms with Crippen LogP contribution in [0.15, 0.2) is 24.3 Å². The van der Waals surface area contributed by atoms with Crippen LogP contribution in [0.4, 0.5) is 5.69 Å². The first-order valence-corrected chi connectivity index (χ1v) is 6.98. The molecule has 2 amide bonds. The molecule has 6 heteroatoms. The van der Waals surface area contributed by atoms with Gasteiger partial charge in [0, 0.05) is 26.1 Å². The number of rotatable bonds is 5. The van der Waals surface area contributed by atoms with Crippen molar-refractivity contribution in [3.8, 4) is 0 Å². The van der Waals surface area contributed by atoms with Gasteiger partial charge in [0.2, 0.25) is 11.8 Å². The lowest BCUT2D eigenvalue weighted by atomic mass is 10.1. The van der Waals surface area contributed by atoms with Gasteiger partial charge in [-0.05, 0) is 19.2 Å². The predicted octanol–water partition coefficient (Wildman–Crippen LogP) is 1.03. The van der Waals surface area contributed by atoms with Gasteiger partial charge in [-0.2, -0.15) is 0 Å². The molecule has 20 heavy (non-hydrogen) atoms. The lowest BCUT2D eigenvalue weighted by molar-refractivity contribution is -0.126. The molecule has 1 atom stereocenters. The summed E-state index contributed by atoms with van der Waals surface area (Å²) >= 11 is 6.10. The van der Waals surface area contributed by atoms with Crippen LogP contribution >= 0.6 is 11.6 Å². The molecule has 1 fully saturated rings. The molecule has 0 spiro atoms. The zero-order valence-electron chi connectivity index (χ0n) is 11.4. The Morgan fingerprint density at radius 2 is 2.15 bits per heavy atom. The maximum atomic E-state index is 12.0. The van der Waals surface area contributed by atoms with Gasteiger partial charge >= 0.3 is 0 Å². The van der Waals surface area contributed by atoms with Crippen molar-refractivity contribution < 1.29 is 9.59 Å². The second kappa shape index (κ2) is 6.72. The lowest BCUT2D eigenvalue weighted by Gasteiger charge is -2.18. The van der Waals surface area contributed by atoms with Crippen molar-refractivity contribution in [2.24, 2.45) is 5.92 Å². The van der Waals surface area contributed by atoms with Crippen molar-refractivity contribution in [1.29, 1.82) is 0 Å². The quantitative estimate of drug-likeness (QED) is 0.798. The van der Waals surface area contributed by atoms with E-state index in [1.165, 1.54) is 0 Å². The molecule has 0 saturated carbocycles. The molecule has 1 aromatic carbocycles. The Kier molecular flexibility index (Phi) is 4.98. The van der Waals surface area contributed by atoms with Crippen LogP contribution in [0.1, 0.15) is 6.42 Å². The van der Waals surface area contributed by atoms with Gasteiger partial charge in [-0.1, -0.05) is 23.7 Å². The van der Waals surface area contributed by atoms with E-state index in [2.05, 4.69) is 10.6 Å². The first-order chi connectivity index (χ1) is 9.63. The molecule has 5 nitrogen and oxygen atoms in total. The first-order valence-electron chi connectivity index (χ1n) is 6.60. The van der Waals surface area contributed by atoms with Gasteiger partial charge in [0.15, 0.2) is 0 Å². The Labute approximate surface area is 123 Å². The molecule has 0 radical (unpaired) electrons. The van der Waals surface area contributed by atoms with Crippen LogP contribution in [0.25, 0.3) is 0 Å². The molecule has 1 saturated heterocycles. The summed E-state index contributed by atoms with van der Waals surface area (Å²) in [6.07, 6.45) is 0.233. The van der Waals surface area contributed by atoms with Crippen LogP contribution in [0.3, 0.4) is 0 Å². The van der Waals surface area contributed by atoms with Gasteiger partial charge < -0.3 is 15.5 Å². The fourth-order valence-corrected chi connectivity index (χ4v) is 2.48. The Morgan fingerprint density at radius 1 is 1.40 bits per heavy atom. The van der Waals surface area contributed by atoms with Crippen molar-refractivity contribution in [2.75, 3.05) is 31.6 Å². The van der Waals surface area contributed by atoms with Crippen LogP contribution < -0.4 is 15.5 Å². The number of carbonyl (C=O) groups excluding carboxylic acids is 2. The minimum atomic E-state index is -0.310. The smallest absolute Gasteiger partial charge is 0.227 e. The first kappa shape index (κ1) is 14.8. The summed E-state index contributed by atoms with van der Waals surface area (Å²) in [5.74, 6) is -0.453. The van der Waals surface area contributed by atoms with Crippen molar-refractivity contribution in [2.45, 2.75) is 6.42 Å². The highest BCUT2D eigenvalue weighted by Gasteiger charge is 2.35. The minimum absolute atomic E-state index is 0.0631. The maximum absolute atomic E-state index is 12.0. The normalized spacial score (nSPS) is 18.4. The van der Waals surface area contributed by atoms with Crippen molar-refractivity contribution in [3.63, 3.8) is 0 Å². The summed E-state index contributed by atoms with van der Waals surface area (Å²) in [6.45, 7) is 1.65. The van der Waals surface area contributed by atoms with E-state index >= 15 is 0 Å². The van der Waals surface area contributed by atoms with E-state index in [1.54, 1.807) is 17.0 Å². The number of anilines is 1. The number of para-hydroxylation sites is 1. The van der Waals surface area contributed by atoms with Gasteiger partial charge in [-0.15, -0.1) is 0 Å². The standard InChI is InChI=1S/C14H18ClN3O2/c1-16-6-7-17-14(20)10-8-13(19)18(9-10)12-5-3-2-4-11(12)15/h2-5,10,16H,6-9H2,1H3,(H,17,20). The molecule has 1 aromatic rings. The molecule has 0 bridgehead atoms. The molecular weight excluding hydrogens is 278 g/mol. The number of amides is 2. The number of hydrogen-bond acceptors (Lipinski definition) is 3. The molecule has 108 valence electrons. The van der Waals surface area contributed by atoms with E-state index in [4.69, 9.17) is 11.6 Å². The zero-order chi connectivity index (χ0) is 14.5. The molecule has 0 aromatic heterocycles. The third-order valence-corrected chi connectivity index (χ3v) is 3.63. The highest BCUT2D eigenvalue weighted by atomic mass is 35.5. The van der Waals surface area contributed by atoms with Crippen LogP contribution in [0, 0.1) is 5.92 Å². The lowest BCUT2D eigenvalue weighted by Crippen LogP contribution is -2.36. The molecule has 1 aliphatic heterocycles. The molecule has 0 aliphatic carbocycles. The van der Waals surface area contributed by atoms with Crippen LogP contribution in [0.2, 0.25) is 5.02 Å². The number of nitrogens with one attached hydrogen (secondary N) is 2. The van der Waals surface area contributed by atoms with Gasteiger partial charge in [-0.25, -0.2) is 0 Å². The van der Waals surface area contributed by atoms with E-state index in [0.717, 1.165) is 0 Å². The molecule has 1 aliphatic rings. The molecule has 1 unspecified atom stereocenters. The number of hydrogen-bond donors (Lipinski definition) is 2. The highest BCUT2D eigenvalue weighted by molar-refractivity contribution is 6.33. The van der Waals surface area contributed by atoms with Crippen LogP contribution in [0.5, 0.6) is 0 Å². The third kappa shape index (κ3) is 3.29. The average Bonchev–Trinajstić information content (AvgIpc) is 2.81. The van der Waals surface area contributed by atoms with E-state index in [0.29, 0.717) is 30.3 Å². The molecule has 2 rings (SSSR count). The Hall–Kier alpha value is -1.59. The summed E-state index contributed by atoms with van der Waals surface area (Å²) in [6, 6.07) is 7.18. The van der Waals surface area contributed by atoms with Gasteiger partial charge in [-0.3, -0.25) is 9.59 Å². The minimum Gasteiger partial charge on any atom is -0.355 e. The summed E-state index contributed by atoms with van der Waals surface area (Å²) in [5, 5.41) is 6.30. The zero-order valence-corrected chi connectivity index (χ0v) is 12.1. The van der Waals surface area contributed by atoms with Crippen LogP contribution in [-0.2, 0) is 9.59 Å². The van der Waals surface area contributed by atoms with E-state index in [1.807, 2.05) is 19.2 Å². The Balaban J connectivity index is 2.00. The predicted molar refractivity (Wildman–Crippen MR) is 78.8 cm³/mol. The number of halogens is 1.